The number of unbranched alkanes of at least 4 members (excludes halogenated alkanes) is 1. The Morgan fingerprint density at radius 2 is 2.20 bits per heavy atom. The quantitative estimate of drug-likeness (QED) is 0.496. The average molecular weight is 460 g/mol. The fraction of sp³-hybridized carbons (Fsp3) is 0.842. The van der Waals surface area contributed by atoms with Crippen LogP contribution in [0.15, 0.2) is 0 Å². The van der Waals surface area contributed by atoms with Gasteiger partial charge in [0.15, 0.2) is 14.6 Å². The van der Waals surface area contributed by atoms with Crippen LogP contribution in [0.4, 0.5) is 0 Å². The summed E-state index contributed by atoms with van der Waals surface area (Å²) in [6, 6.07) is -0.0131. The lowest BCUT2D eigenvalue weighted by Gasteiger charge is -2.27. The Hall–Kier alpha value is -1.30. The topological polar surface area (TPSA) is 112 Å². The highest BCUT2D eigenvalue weighted by Crippen LogP contribution is 2.20. The second-order valence-corrected chi connectivity index (χ2v) is 10.9. The smallest absolute Gasteiger partial charge is 0.217 e. The number of primary amides is 1. The van der Waals surface area contributed by atoms with E-state index in [1.165, 1.54) is 0 Å². The van der Waals surface area contributed by atoms with E-state index in [4.69, 9.17) is 27.8 Å². The lowest BCUT2D eigenvalue weighted by Crippen LogP contribution is -2.38. The monoisotopic (exact) mass is 459 g/mol. The van der Waals surface area contributed by atoms with Gasteiger partial charge in [-0.2, -0.15) is 5.10 Å². The van der Waals surface area contributed by atoms with Gasteiger partial charge in [0.1, 0.15) is 5.82 Å². The molecule has 2 unspecified atom stereocenters. The van der Waals surface area contributed by atoms with E-state index in [9.17, 15) is 13.2 Å². The first-order chi connectivity index (χ1) is 14.3. The van der Waals surface area contributed by atoms with Gasteiger partial charge in [-0.3, -0.25) is 9.69 Å². The van der Waals surface area contributed by atoms with Crippen molar-refractivity contribution in [1.29, 1.82) is 0 Å². The Bertz CT molecular complexity index is 889. The van der Waals surface area contributed by atoms with Gasteiger partial charge in [0.05, 0.1) is 30.8 Å². The summed E-state index contributed by atoms with van der Waals surface area (Å²) in [6.45, 7) is 4.73. The lowest BCUT2D eigenvalue weighted by molar-refractivity contribution is -0.118. The summed E-state index contributed by atoms with van der Waals surface area (Å²) in [4.78, 5) is 13.5. The van der Waals surface area contributed by atoms with Crippen LogP contribution >= 0.6 is 12.2 Å². The highest BCUT2D eigenvalue weighted by molar-refractivity contribution is 7.91. The highest BCUT2D eigenvalue weighted by Gasteiger charge is 2.32. The van der Waals surface area contributed by atoms with Crippen LogP contribution in [0.3, 0.4) is 0 Å². The van der Waals surface area contributed by atoms with Crippen molar-refractivity contribution in [2.24, 2.45) is 5.73 Å². The summed E-state index contributed by atoms with van der Waals surface area (Å²) < 4.78 is 34.1. The Labute approximate surface area is 183 Å². The molecule has 2 aliphatic heterocycles. The minimum atomic E-state index is -2.98. The van der Waals surface area contributed by atoms with Crippen molar-refractivity contribution in [3.8, 4) is 0 Å². The summed E-state index contributed by atoms with van der Waals surface area (Å²) in [7, 11) is -2.98. The van der Waals surface area contributed by atoms with Crippen LogP contribution < -0.4 is 5.73 Å². The van der Waals surface area contributed by atoms with Gasteiger partial charge in [0.25, 0.3) is 0 Å². The predicted octanol–water partition coefficient (Wildman–Crippen LogP) is 1.26. The zero-order valence-corrected chi connectivity index (χ0v) is 19.3. The molecule has 2 atom stereocenters. The number of rotatable bonds is 11. The van der Waals surface area contributed by atoms with Crippen molar-refractivity contribution in [3.63, 3.8) is 0 Å². The third-order valence-electron chi connectivity index (χ3n) is 5.84. The van der Waals surface area contributed by atoms with Crippen molar-refractivity contribution in [3.05, 3.63) is 10.6 Å². The Morgan fingerprint density at radius 3 is 2.80 bits per heavy atom. The van der Waals surface area contributed by atoms with E-state index in [1.807, 2.05) is 4.57 Å². The van der Waals surface area contributed by atoms with E-state index < -0.39 is 9.84 Å². The van der Waals surface area contributed by atoms with Gasteiger partial charge in [-0.25, -0.2) is 13.1 Å². The number of ether oxygens (including phenoxy) is 1. The Morgan fingerprint density at radius 1 is 1.40 bits per heavy atom. The van der Waals surface area contributed by atoms with Gasteiger partial charge in [-0.05, 0) is 37.9 Å². The third-order valence-corrected chi connectivity index (χ3v) is 8.03. The zero-order chi connectivity index (χ0) is 21.7. The van der Waals surface area contributed by atoms with Crippen LogP contribution in [0, 0.1) is 4.77 Å². The molecular weight excluding hydrogens is 426 g/mol. The molecule has 0 saturated carbocycles. The largest absolute Gasteiger partial charge is 0.376 e. The molecule has 170 valence electrons. The van der Waals surface area contributed by atoms with Gasteiger partial charge >= 0.3 is 0 Å². The maximum Gasteiger partial charge on any atom is 0.217 e. The number of aromatic nitrogens is 3. The molecule has 3 heterocycles. The number of aryl methyl sites for hydroxylation is 1. The second-order valence-electron chi connectivity index (χ2n) is 8.27. The van der Waals surface area contributed by atoms with E-state index >= 15 is 0 Å². The molecule has 2 N–H and O–H groups in total. The third kappa shape index (κ3) is 6.12. The van der Waals surface area contributed by atoms with Gasteiger partial charge < -0.3 is 15.0 Å². The Kier molecular flexibility index (Phi) is 8.05. The van der Waals surface area contributed by atoms with E-state index in [1.54, 1.807) is 4.68 Å². The van der Waals surface area contributed by atoms with Gasteiger partial charge in [-0.15, -0.1) is 0 Å². The van der Waals surface area contributed by atoms with Crippen LogP contribution in [0.25, 0.3) is 0 Å². The number of carbonyl (C=O) groups excluding carboxylic acids is 1. The van der Waals surface area contributed by atoms with Crippen molar-refractivity contribution < 1.29 is 17.9 Å². The average Bonchev–Trinajstić information content (AvgIpc) is 3.39. The van der Waals surface area contributed by atoms with Gasteiger partial charge in [-0.1, -0.05) is 13.3 Å². The number of carbonyl (C=O) groups is 1. The molecule has 2 fully saturated rings. The maximum atomic E-state index is 12.0. The molecule has 0 spiro atoms. The van der Waals surface area contributed by atoms with Crippen LogP contribution in [-0.4, -0.2) is 70.4 Å². The first kappa shape index (κ1) is 23.4. The molecule has 0 radical (unpaired) electrons. The molecule has 0 aliphatic carbocycles. The molecule has 11 heteroatoms. The molecular formula is C19H33N5O4S2. The SMILES string of the molecule is CCCCN(Cn1nc(CCC(N)=O)n(CC2CCCO2)c1=S)C1CCS(=O)(=O)C1. The summed E-state index contributed by atoms with van der Waals surface area (Å²) in [5.74, 6) is 0.779. The zero-order valence-electron chi connectivity index (χ0n) is 17.7. The van der Waals surface area contributed by atoms with Crippen LogP contribution in [0.5, 0.6) is 0 Å². The first-order valence-corrected chi connectivity index (χ1v) is 13.0. The predicted molar refractivity (Wildman–Crippen MR) is 116 cm³/mol. The summed E-state index contributed by atoms with van der Waals surface area (Å²) in [5.41, 5.74) is 5.34. The first-order valence-electron chi connectivity index (χ1n) is 10.8. The fourth-order valence-electron chi connectivity index (χ4n) is 4.14. The van der Waals surface area contributed by atoms with Crippen LogP contribution in [-0.2, 0) is 39.0 Å². The molecule has 1 amide bonds. The fourth-order valence-corrected chi connectivity index (χ4v) is 6.18. The minimum Gasteiger partial charge on any atom is -0.376 e. The summed E-state index contributed by atoms with van der Waals surface area (Å²) in [6.07, 6.45) is 5.38. The normalized spacial score (nSPS) is 23.4. The van der Waals surface area contributed by atoms with Crippen molar-refractivity contribution in [2.75, 3.05) is 24.7 Å². The number of sulfone groups is 1. The molecule has 30 heavy (non-hydrogen) atoms. The van der Waals surface area contributed by atoms with Crippen molar-refractivity contribution in [2.45, 2.75) is 77.2 Å². The van der Waals surface area contributed by atoms with Crippen LogP contribution in [0.1, 0.15) is 51.3 Å². The van der Waals surface area contributed by atoms with Gasteiger partial charge in [0.2, 0.25) is 5.91 Å². The second kappa shape index (κ2) is 10.3. The highest BCUT2D eigenvalue weighted by atomic mass is 32.2. The lowest BCUT2D eigenvalue weighted by atomic mass is 10.2. The molecule has 2 saturated heterocycles. The molecule has 0 aromatic carbocycles. The van der Waals surface area contributed by atoms with E-state index in [2.05, 4.69) is 11.8 Å². The number of amides is 1. The summed E-state index contributed by atoms with van der Waals surface area (Å²) in [5, 5.41) is 4.70. The van der Waals surface area contributed by atoms with E-state index in [0.29, 0.717) is 30.8 Å². The molecule has 3 rings (SSSR count). The van der Waals surface area contributed by atoms with Gasteiger partial charge in [0, 0.05) is 32.0 Å². The summed E-state index contributed by atoms with van der Waals surface area (Å²) >= 11 is 5.72. The standard InChI is InChI=1S/C19H33N5O4S2/c1-2-3-9-22(15-8-11-30(26,27)13-15)14-24-19(29)23(12-16-5-4-10-28-16)18(21-24)7-6-17(20)25/h15-16H,2-14H2,1H3,(H2,20,25). The molecule has 1 aromatic heterocycles. The molecule has 0 bridgehead atoms. The number of nitrogens with zero attached hydrogens (tertiary/aromatic N) is 4. The molecule has 1 aromatic rings. The molecule has 9 nitrogen and oxygen atoms in total. The van der Waals surface area contributed by atoms with Crippen LogP contribution in [0.2, 0.25) is 0 Å². The van der Waals surface area contributed by atoms with Crippen molar-refractivity contribution >= 4 is 28.0 Å². The number of hydrogen-bond donors (Lipinski definition) is 1. The molecule has 2 aliphatic rings. The minimum absolute atomic E-state index is 0.0131. The maximum absolute atomic E-state index is 12.0. The van der Waals surface area contributed by atoms with E-state index in [-0.39, 0.29) is 36.0 Å². The number of hydrogen-bond acceptors (Lipinski definition) is 7. The Balaban J connectivity index is 1.82. The number of nitrogens with two attached hydrogens (primary N) is 1. The van der Waals surface area contributed by atoms with Crippen molar-refractivity contribution in [1.82, 2.24) is 19.2 Å². The van der Waals surface area contributed by atoms with E-state index in [0.717, 1.165) is 44.7 Å².